The summed E-state index contributed by atoms with van der Waals surface area (Å²) in [6.45, 7) is 1.67. The molecule has 2 saturated carbocycles. The zero-order chi connectivity index (χ0) is 13.4. The predicted molar refractivity (Wildman–Crippen MR) is 73.4 cm³/mol. The fourth-order valence-electron chi connectivity index (χ4n) is 4.21. The molecular formula is C15H26N2O2. The summed E-state index contributed by atoms with van der Waals surface area (Å²) in [6, 6.07) is 0.354. The van der Waals surface area contributed by atoms with E-state index in [0.29, 0.717) is 36.1 Å². The molecule has 1 amide bonds. The Morgan fingerprint density at radius 3 is 2.53 bits per heavy atom. The van der Waals surface area contributed by atoms with Crippen molar-refractivity contribution in [2.45, 2.75) is 57.1 Å². The Morgan fingerprint density at radius 1 is 1.11 bits per heavy atom. The lowest BCUT2D eigenvalue weighted by atomic mass is 9.84. The number of carbonyl (C=O) groups excluding carboxylic acids is 1. The smallest absolute Gasteiger partial charge is 0.222 e. The van der Waals surface area contributed by atoms with Crippen molar-refractivity contribution < 1.29 is 9.90 Å². The number of aliphatic hydroxyl groups excluding tert-OH is 1. The zero-order valence-corrected chi connectivity index (χ0v) is 11.6. The molecule has 0 aromatic carbocycles. The number of hydrogen-bond donors (Lipinski definition) is 2. The Hall–Kier alpha value is -0.610. The van der Waals surface area contributed by atoms with E-state index in [4.69, 9.17) is 5.73 Å². The number of carbonyl (C=O) groups is 1. The summed E-state index contributed by atoms with van der Waals surface area (Å²) >= 11 is 0. The van der Waals surface area contributed by atoms with Gasteiger partial charge in [0, 0.05) is 31.5 Å². The first kappa shape index (κ1) is 13.4. The first-order valence-electron chi connectivity index (χ1n) is 7.85. The molecule has 3 N–H and O–H groups in total. The second-order valence-electron chi connectivity index (χ2n) is 6.85. The lowest BCUT2D eigenvalue weighted by Crippen LogP contribution is -2.34. The fraction of sp³-hybridized carbons (Fsp3) is 0.933. The molecule has 0 aromatic heterocycles. The number of nitrogens with zero attached hydrogens (tertiary/aromatic N) is 1. The third-order valence-corrected chi connectivity index (χ3v) is 5.53. The van der Waals surface area contributed by atoms with Crippen LogP contribution in [-0.2, 0) is 4.79 Å². The van der Waals surface area contributed by atoms with Crippen molar-refractivity contribution in [1.82, 2.24) is 4.90 Å². The topological polar surface area (TPSA) is 66.6 Å². The molecule has 0 aromatic rings. The maximum Gasteiger partial charge on any atom is 0.222 e. The van der Waals surface area contributed by atoms with Crippen LogP contribution in [0, 0.1) is 17.8 Å². The molecule has 3 fully saturated rings. The molecular weight excluding hydrogens is 240 g/mol. The summed E-state index contributed by atoms with van der Waals surface area (Å²) in [6.07, 6.45) is 6.90. The van der Waals surface area contributed by atoms with Crippen molar-refractivity contribution in [3.8, 4) is 0 Å². The maximum atomic E-state index is 12.3. The molecule has 19 heavy (non-hydrogen) atoms. The number of hydrogen-bond acceptors (Lipinski definition) is 3. The van der Waals surface area contributed by atoms with Gasteiger partial charge in [-0.15, -0.1) is 0 Å². The van der Waals surface area contributed by atoms with Gasteiger partial charge >= 0.3 is 0 Å². The second-order valence-corrected chi connectivity index (χ2v) is 6.85. The Morgan fingerprint density at radius 2 is 1.84 bits per heavy atom. The van der Waals surface area contributed by atoms with Crippen LogP contribution in [-0.4, -0.2) is 41.1 Å². The quantitative estimate of drug-likeness (QED) is 0.787. The van der Waals surface area contributed by atoms with E-state index in [1.807, 2.05) is 4.90 Å². The van der Waals surface area contributed by atoms with E-state index in [0.717, 1.165) is 51.6 Å². The van der Waals surface area contributed by atoms with Gasteiger partial charge in [0.2, 0.25) is 5.91 Å². The van der Waals surface area contributed by atoms with Crippen LogP contribution in [0.2, 0.25) is 0 Å². The third kappa shape index (κ3) is 2.79. The molecule has 3 rings (SSSR count). The average Bonchev–Trinajstić information content (AvgIpc) is 2.95. The molecule has 1 heterocycles. The van der Waals surface area contributed by atoms with Crippen LogP contribution < -0.4 is 5.73 Å². The van der Waals surface area contributed by atoms with Crippen LogP contribution in [0.25, 0.3) is 0 Å². The summed E-state index contributed by atoms with van der Waals surface area (Å²) in [5.74, 6) is 1.75. The Labute approximate surface area is 115 Å². The van der Waals surface area contributed by atoms with Crippen molar-refractivity contribution in [1.29, 1.82) is 0 Å². The van der Waals surface area contributed by atoms with Crippen molar-refractivity contribution in [2.75, 3.05) is 13.1 Å². The van der Waals surface area contributed by atoms with E-state index in [2.05, 4.69) is 0 Å². The maximum absolute atomic E-state index is 12.3. The number of aliphatic hydroxyl groups is 1. The minimum atomic E-state index is -0.171. The highest BCUT2D eigenvalue weighted by molar-refractivity contribution is 5.76. The van der Waals surface area contributed by atoms with Gasteiger partial charge in [-0.2, -0.15) is 0 Å². The van der Waals surface area contributed by atoms with Crippen LogP contribution in [0.4, 0.5) is 0 Å². The molecule has 3 atom stereocenters. The van der Waals surface area contributed by atoms with Crippen molar-refractivity contribution in [3.05, 3.63) is 0 Å². The molecule has 108 valence electrons. The first-order chi connectivity index (χ1) is 9.13. The van der Waals surface area contributed by atoms with Crippen LogP contribution in [0.5, 0.6) is 0 Å². The van der Waals surface area contributed by atoms with Crippen molar-refractivity contribution >= 4 is 5.91 Å². The monoisotopic (exact) mass is 266 g/mol. The number of fused-ring (bicyclic) bond motifs is 1. The minimum absolute atomic E-state index is 0.171. The van der Waals surface area contributed by atoms with E-state index < -0.39 is 0 Å². The zero-order valence-electron chi connectivity index (χ0n) is 11.6. The molecule has 3 aliphatic rings. The van der Waals surface area contributed by atoms with Crippen molar-refractivity contribution in [3.63, 3.8) is 0 Å². The lowest BCUT2D eigenvalue weighted by molar-refractivity contribution is -0.131. The number of amides is 1. The second kappa shape index (κ2) is 5.41. The highest BCUT2D eigenvalue weighted by atomic mass is 16.3. The molecule has 0 radical (unpaired) electrons. The SMILES string of the molecule is NC1CCC(CC(=O)N2CC3CCC(O)C3C2)CC1. The molecule has 1 aliphatic heterocycles. The molecule has 3 unspecified atom stereocenters. The van der Waals surface area contributed by atoms with Gasteiger partial charge in [0.25, 0.3) is 0 Å². The Balaban J connectivity index is 1.49. The fourth-order valence-corrected chi connectivity index (χ4v) is 4.21. The number of likely N-dealkylation sites (tertiary alicyclic amines) is 1. The molecule has 0 spiro atoms. The summed E-state index contributed by atoms with van der Waals surface area (Å²) in [4.78, 5) is 14.4. The van der Waals surface area contributed by atoms with Crippen LogP contribution in [0.1, 0.15) is 44.9 Å². The Bertz CT molecular complexity index is 339. The molecule has 1 saturated heterocycles. The molecule has 2 aliphatic carbocycles. The third-order valence-electron chi connectivity index (χ3n) is 5.53. The van der Waals surface area contributed by atoms with Gasteiger partial charge in [0.15, 0.2) is 0 Å². The van der Waals surface area contributed by atoms with Crippen molar-refractivity contribution in [2.24, 2.45) is 23.5 Å². The van der Waals surface area contributed by atoms with Gasteiger partial charge in [-0.1, -0.05) is 0 Å². The van der Waals surface area contributed by atoms with E-state index in [1.54, 1.807) is 0 Å². The average molecular weight is 266 g/mol. The normalized spacial score (nSPS) is 42.4. The van der Waals surface area contributed by atoms with Gasteiger partial charge in [0.1, 0.15) is 0 Å². The van der Waals surface area contributed by atoms with Gasteiger partial charge in [-0.05, 0) is 50.4 Å². The highest BCUT2D eigenvalue weighted by Gasteiger charge is 2.43. The van der Waals surface area contributed by atoms with Crippen LogP contribution in [0.3, 0.4) is 0 Å². The number of nitrogens with two attached hydrogens (primary N) is 1. The molecule has 4 nitrogen and oxygen atoms in total. The summed E-state index contributed by atoms with van der Waals surface area (Å²) in [5.41, 5.74) is 5.90. The van der Waals surface area contributed by atoms with E-state index in [9.17, 15) is 9.90 Å². The van der Waals surface area contributed by atoms with Gasteiger partial charge in [0.05, 0.1) is 6.10 Å². The van der Waals surface area contributed by atoms with E-state index >= 15 is 0 Å². The first-order valence-corrected chi connectivity index (χ1v) is 7.85. The van der Waals surface area contributed by atoms with E-state index in [1.165, 1.54) is 0 Å². The lowest BCUT2D eigenvalue weighted by Gasteiger charge is -2.27. The number of rotatable bonds is 2. The largest absolute Gasteiger partial charge is 0.393 e. The van der Waals surface area contributed by atoms with Gasteiger partial charge in [-0.25, -0.2) is 0 Å². The minimum Gasteiger partial charge on any atom is -0.393 e. The summed E-state index contributed by atoms with van der Waals surface area (Å²) in [5, 5.41) is 9.90. The highest BCUT2D eigenvalue weighted by Crippen LogP contribution is 2.38. The summed E-state index contributed by atoms with van der Waals surface area (Å²) in [7, 11) is 0. The van der Waals surface area contributed by atoms with Gasteiger partial charge < -0.3 is 15.7 Å². The molecule has 4 heteroatoms. The van der Waals surface area contributed by atoms with E-state index in [-0.39, 0.29) is 6.10 Å². The predicted octanol–water partition coefficient (Wildman–Crippen LogP) is 1.12. The summed E-state index contributed by atoms with van der Waals surface area (Å²) < 4.78 is 0. The van der Waals surface area contributed by atoms with Crippen LogP contribution >= 0.6 is 0 Å². The Kier molecular flexibility index (Phi) is 3.81. The van der Waals surface area contributed by atoms with Crippen LogP contribution in [0.15, 0.2) is 0 Å². The standard InChI is InChI=1S/C15H26N2O2/c16-12-4-1-10(2-5-12)7-15(19)17-8-11-3-6-14(18)13(11)9-17/h10-14,18H,1-9,16H2. The molecule has 0 bridgehead atoms. The van der Waals surface area contributed by atoms with Gasteiger partial charge in [-0.3, -0.25) is 4.79 Å².